The van der Waals surface area contributed by atoms with Crippen molar-refractivity contribution in [1.82, 2.24) is 10.3 Å². The van der Waals surface area contributed by atoms with Crippen LogP contribution in [0.5, 0.6) is 0 Å². The molecule has 15 heavy (non-hydrogen) atoms. The molecule has 0 aromatic carbocycles. The zero-order valence-electron chi connectivity index (χ0n) is 8.62. The molecule has 1 N–H and O–H groups in total. The number of aromatic nitrogens is 1. The number of nitrogens with one attached hydrogen (secondary N) is 1. The number of nitrogens with zero attached hydrogens (tertiary/aromatic N) is 1. The number of fused-ring (bicyclic) bond motifs is 2. The van der Waals surface area contributed by atoms with E-state index in [1.54, 1.807) is 6.20 Å². The third-order valence-electron chi connectivity index (χ3n) is 3.72. The molecule has 0 spiro atoms. The summed E-state index contributed by atoms with van der Waals surface area (Å²) in [7, 11) is 0. The first-order valence-electron chi connectivity index (χ1n) is 5.70. The van der Waals surface area contributed by atoms with Gasteiger partial charge in [0.1, 0.15) is 0 Å². The average Bonchev–Trinajstić information content (AvgIpc) is 2.55. The minimum Gasteiger partial charge on any atom is -0.311 e. The molecule has 0 saturated carbocycles. The fraction of sp³-hybridized carbons (Fsp3) is 0.583. The first kappa shape index (κ1) is 9.28. The normalized spacial score (nSPS) is 34.3. The maximum absolute atomic E-state index is 12.7. The highest BCUT2D eigenvalue weighted by Crippen LogP contribution is 2.37. The fourth-order valence-electron chi connectivity index (χ4n) is 3.00. The van der Waals surface area contributed by atoms with E-state index in [-0.39, 0.29) is 5.95 Å². The smallest absolute Gasteiger partial charge is 0.212 e. The predicted octanol–water partition coefficient (Wildman–Crippen LogP) is 2.22. The number of halogens is 1. The molecule has 2 aliphatic heterocycles. The Kier molecular flexibility index (Phi) is 2.20. The van der Waals surface area contributed by atoms with E-state index >= 15 is 0 Å². The van der Waals surface area contributed by atoms with Gasteiger partial charge >= 0.3 is 0 Å². The molecule has 2 bridgehead atoms. The molecule has 2 fully saturated rings. The van der Waals surface area contributed by atoms with Gasteiger partial charge in [0.2, 0.25) is 5.95 Å². The van der Waals surface area contributed by atoms with Gasteiger partial charge in [0, 0.05) is 24.2 Å². The van der Waals surface area contributed by atoms with Gasteiger partial charge in [-0.15, -0.1) is 0 Å². The lowest BCUT2D eigenvalue weighted by atomic mass is 9.92. The number of hydrogen-bond acceptors (Lipinski definition) is 2. The predicted molar refractivity (Wildman–Crippen MR) is 56.1 cm³/mol. The first-order chi connectivity index (χ1) is 7.33. The Morgan fingerprint density at radius 1 is 1.33 bits per heavy atom. The SMILES string of the molecule is [18F]c1ccc([C@H]2C[C@@H]3CCC[C@H]2N3)cn1. The highest BCUT2D eigenvalue weighted by Gasteiger charge is 2.37. The second-order valence-electron chi connectivity index (χ2n) is 4.66. The summed E-state index contributed by atoms with van der Waals surface area (Å²) >= 11 is 0. The lowest BCUT2D eigenvalue weighted by molar-refractivity contribution is 0.397. The molecule has 0 radical (unpaired) electrons. The van der Waals surface area contributed by atoms with Gasteiger partial charge in [0.15, 0.2) is 0 Å². The van der Waals surface area contributed by atoms with Crippen LogP contribution in [0.25, 0.3) is 0 Å². The Morgan fingerprint density at radius 2 is 2.27 bits per heavy atom. The summed E-state index contributed by atoms with van der Waals surface area (Å²) < 4.78 is 12.7. The maximum Gasteiger partial charge on any atom is 0.212 e. The molecule has 0 unspecified atom stereocenters. The number of pyridine rings is 1. The van der Waals surface area contributed by atoms with Crippen LogP contribution in [0.4, 0.5) is 4.39 Å². The monoisotopic (exact) mass is 205 g/mol. The van der Waals surface area contributed by atoms with Crippen molar-refractivity contribution in [3.05, 3.63) is 29.8 Å². The van der Waals surface area contributed by atoms with E-state index in [0.717, 1.165) is 0 Å². The number of piperidine rings is 1. The van der Waals surface area contributed by atoms with E-state index in [1.165, 1.54) is 37.3 Å². The minimum atomic E-state index is -0.382. The van der Waals surface area contributed by atoms with Crippen LogP contribution in [-0.2, 0) is 0 Å². The lowest BCUT2D eigenvalue weighted by Gasteiger charge is -2.22. The van der Waals surface area contributed by atoms with Gasteiger partial charge < -0.3 is 5.32 Å². The van der Waals surface area contributed by atoms with Gasteiger partial charge in [-0.05, 0) is 30.9 Å². The Bertz CT molecular complexity index is 349. The molecule has 2 aliphatic rings. The second kappa shape index (κ2) is 3.56. The molecule has 2 nitrogen and oxygen atoms in total. The van der Waals surface area contributed by atoms with Crippen molar-refractivity contribution in [2.45, 2.75) is 43.7 Å². The topological polar surface area (TPSA) is 24.9 Å². The molecule has 1 aromatic heterocycles. The van der Waals surface area contributed by atoms with Crippen molar-refractivity contribution in [2.24, 2.45) is 0 Å². The van der Waals surface area contributed by atoms with Gasteiger partial charge in [0.05, 0.1) is 0 Å². The van der Waals surface area contributed by atoms with Crippen molar-refractivity contribution < 1.29 is 4.39 Å². The van der Waals surface area contributed by atoms with Gasteiger partial charge in [-0.3, -0.25) is 0 Å². The Morgan fingerprint density at radius 3 is 3.00 bits per heavy atom. The van der Waals surface area contributed by atoms with Crippen LogP contribution in [0.2, 0.25) is 0 Å². The van der Waals surface area contributed by atoms with Gasteiger partial charge in [-0.25, -0.2) is 4.98 Å². The standard InChI is InChI=1S/C12H15FN2/c13-12-5-4-8(7-14-12)10-6-9-2-1-3-11(10)15-9/h4-5,7,9-11,15H,1-3,6H2/t9-,10+,11+/m0/s1/i13-1. The van der Waals surface area contributed by atoms with Crippen LogP contribution in [0, 0.1) is 5.95 Å². The van der Waals surface area contributed by atoms with E-state index in [9.17, 15) is 4.39 Å². The molecule has 0 aliphatic carbocycles. The van der Waals surface area contributed by atoms with Crippen molar-refractivity contribution in [1.29, 1.82) is 0 Å². The molecule has 3 heterocycles. The fourth-order valence-corrected chi connectivity index (χ4v) is 3.00. The van der Waals surface area contributed by atoms with Crippen LogP contribution >= 0.6 is 0 Å². The largest absolute Gasteiger partial charge is 0.311 e. The van der Waals surface area contributed by atoms with E-state index in [4.69, 9.17) is 0 Å². The second-order valence-corrected chi connectivity index (χ2v) is 4.66. The summed E-state index contributed by atoms with van der Waals surface area (Å²) in [4.78, 5) is 3.74. The summed E-state index contributed by atoms with van der Waals surface area (Å²) in [5.41, 5.74) is 1.19. The van der Waals surface area contributed by atoms with Crippen molar-refractivity contribution >= 4 is 0 Å². The number of rotatable bonds is 1. The Balaban J connectivity index is 1.85. The Labute approximate surface area is 88.9 Å². The van der Waals surface area contributed by atoms with Crippen LogP contribution in [0.1, 0.15) is 37.2 Å². The molecule has 1 aromatic rings. The van der Waals surface area contributed by atoms with E-state index < -0.39 is 0 Å². The molecular weight excluding hydrogens is 190 g/mol. The summed E-state index contributed by atoms with van der Waals surface area (Å²) in [6.45, 7) is 0. The maximum atomic E-state index is 12.7. The third-order valence-corrected chi connectivity index (χ3v) is 3.72. The molecule has 3 atom stereocenters. The van der Waals surface area contributed by atoms with Crippen molar-refractivity contribution in [2.75, 3.05) is 0 Å². The number of hydrogen-bond donors (Lipinski definition) is 1. The molecule has 2 saturated heterocycles. The van der Waals surface area contributed by atoms with Crippen LogP contribution in [0.15, 0.2) is 18.3 Å². The average molecular weight is 205 g/mol. The molecule has 0 amide bonds. The van der Waals surface area contributed by atoms with Crippen LogP contribution < -0.4 is 5.32 Å². The third kappa shape index (κ3) is 1.65. The molecular formula is C12H15FN2. The molecule has 3 heteroatoms. The minimum absolute atomic E-state index is 0.382. The summed E-state index contributed by atoms with van der Waals surface area (Å²) in [6, 6.07) is 4.63. The van der Waals surface area contributed by atoms with E-state index in [2.05, 4.69) is 10.3 Å². The zero-order valence-corrected chi connectivity index (χ0v) is 8.62. The lowest BCUT2D eigenvalue weighted by Crippen LogP contribution is -2.34. The molecule has 80 valence electrons. The summed E-state index contributed by atoms with van der Waals surface area (Å²) in [6.07, 6.45) is 6.76. The van der Waals surface area contributed by atoms with E-state index in [0.29, 0.717) is 18.0 Å². The highest BCUT2D eigenvalue weighted by molar-refractivity contribution is 5.21. The van der Waals surface area contributed by atoms with Crippen LogP contribution in [-0.4, -0.2) is 17.1 Å². The van der Waals surface area contributed by atoms with Crippen molar-refractivity contribution in [3.63, 3.8) is 0 Å². The zero-order chi connectivity index (χ0) is 10.3. The first-order valence-corrected chi connectivity index (χ1v) is 5.70. The van der Waals surface area contributed by atoms with Crippen molar-refractivity contribution in [3.8, 4) is 0 Å². The quantitative estimate of drug-likeness (QED) is 0.711. The summed E-state index contributed by atoms with van der Waals surface area (Å²) in [5, 5.41) is 3.63. The van der Waals surface area contributed by atoms with Gasteiger partial charge in [-0.1, -0.05) is 12.5 Å². The molecule has 3 rings (SSSR count). The summed E-state index contributed by atoms with van der Waals surface area (Å²) in [5.74, 6) is 0.165. The van der Waals surface area contributed by atoms with Gasteiger partial charge in [-0.2, -0.15) is 4.39 Å². The Hall–Kier alpha value is -0.960. The highest BCUT2D eigenvalue weighted by atomic mass is 18.2. The van der Waals surface area contributed by atoms with Crippen LogP contribution in [0.3, 0.4) is 0 Å². The van der Waals surface area contributed by atoms with Gasteiger partial charge in [0.25, 0.3) is 0 Å². The van der Waals surface area contributed by atoms with E-state index in [1.807, 2.05) is 6.07 Å².